The Balaban J connectivity index is 1.96. The van der Waals surface area contributed by atoms with Crippen LogP contribution in [0, 0.1) is 17.6 Å². The van der Waals surface area contributed by atoms with E-state index >= 15 is 0 Å². The van der Waals surface area contributed by atoms with Gasteiger partial charge in [-0.3, -0.25) is 0 Å². The van der Waals surface area contributed by atoms with Gasteiger partial charge < -0.3 is 0 Å². The van der Waals surface area contributed by atoms with Crippen LogP contribution in [0.4, 0.5) is 8.78 Å². The normalized spacial score (nSPS) is 27.3. The highest BCUT2D eigenvalue weighted by Crippen LogP contribution is 2.38. The molecule has 1 saturated heterocycles. The van der Waals surface area contributed by atoms with Crippen LogP contribution in [0.2, 0.25) is 0 Å². The fourth-order valence-electron chi connectivity index (χ4n) is 3.69. The summed E-state index contributed by atoms with van der Waals surface area (Å²) in [5.74, 6) is -1.39. The molecule has 2 fully saturated rings. The van der Waals surface area contributed by atoms with Gasteiger partial charge in [-0.15, -0.1) is 0 Å². The smallest absolute Gasteiger partial charge is 0.207 e. The highest BCUT2D eigenvalue weighted by Gasteiger charge is 2.40. The lowest BCUT2D eigenvalue weighted by Crippen LogP contribution is -2.49. The molecule has 2 aliphatic rings. The highest BCUT2D eigenvalue weighted by molar-refractivity contribution is 7.89. The number of piperidine rings is 1. The molecule has 0 spiro atoms. The minimum absolute atomic E-state index is 0.0260. The zero-order valence-electron chi connectivity index (χ0n) is 11.8. The van der Waals surface area contributed by atoms with E-state index in [0.717, 1.165) is 50.7 Å². The molecule has 1 aliphatic heterocycles. The number of fused-ring (bicyclic) bond motifs is 1. The molecular formula is C15H19F2NO2S. The Bertz CT molecular complexity index is 631. The van der Waals surface area contributed by atoms with E-state index < -0.39 is 26.6 Å². The van der Waals surface area contributed by atoms with E-state index in [1.807, 2.05) is 0 Å². The van der Waals surface area contributed by atoms with Crippen molar-refractivity contribution >= 4 is 10.0 Å². The zero-order chi connectivity index (χ0) is 15.0. The third kappa shape index (κ3) is 2.71. The molecule has 0 bridgehead atoms. The van der Waals surface area contributed by atoms with Crippen LogP contribution < -0.4 is 0 Å². The summed E-state index contributed by atoms with van der Waals surface area (Å²) >= 11 is 0. The number of benzene rings is 1. The zero-order valence-corrected chi connectivity index (χ0v) is 12.6. The molecule has 3 rings (SSSR count). The first-order valence-corrected chi connectivity index (χ1v) is 8.91. The standard InChI is InChI=1S/C15H19F2NO2S/c16-12-7-8-15(13(17)10-12)21(19,20)18-9-3-5-11-4-1-2-6-14(11)18/h7-8,10-11,14H,1-6,9H2. The molecule has 2 atom stereocenters. The number of halogens is 2. The Morgan fingerprint density at radius 1 is 1.05 bits per heavy atom. The van der Waals surface area contributed by atoms with Gasteiger partial charge in [-0.25, -0.2) is 17.2 Å². The van der Waals surface area contributed by atoms with Gasteiger partial charge in [0, 0.05) is 18.7 Å². The average Bonchev–Trinajstić information content (AvgIpc) is 2.46. The van der Waals surface area contributed by atoms with Crippen LogP contribution >= 0.6 is 0 Å². The Labute approximate surface area is 124 Å². The van der Waals surface area contributed by atoms with Crippen molar-refractivity contribution in [3.05, 3.63) is 29.8 Å². The second-order valence-electron chi connectivity index (χ2n) is 5.94. The van der Waals surface area contributed by atoms with Crippen molar-refractivity contribution in [3.63, 3.8) is 0 Å². The Kier molecular flexibility index (Phi) is 4.01. The maximum Gasteiger partial charge on any atom is 0.246 e. The maximum absolute atomic E-state index is 13.9. The molecule has 1 aromatic rings. The van der Waals surface area contributed by atoms with Crippen molar-refractivity contribution in [2.75, 3.05) is 6.54 Å². The molecule has 1 aliphatic carbocycles. The molecule has 1 saturated carbocycles. The van der Waals surface area contributed by atoms with Crippen molar-refractivity contribution in [1.29, 1.82) is 0 Å². The molecule has 2 unspecified atom stereocenters. The predicted octanol–water partition coefficient (Wildman–Crippen LogP) is 3.31. The average molecular weight is 315 g/mol. The van der Waals surface area contributed by atoms with E-state index in [9.17, 15) is 17.2 Å². The molecule has 1 heterocycles. The molecule has 1 aromatic carbocycles. The van der Waals surface area contributed by atoms with Crippen LogP contribution in [-0.4, -0.2) is 25.3 Å². The number of hydrogen-bond donors (Lipinski definition) is 0. The molecule has 116 valence electrons. The van der Waals surface area contributed by atoms with Gasteiger partial charge in [-0.1, -0.05) is 12.8 Å². The molecule has 0 aromatic heterocycles. The van der Waals surface area contributed by atoms with Crippen molar-refractivity contribution < 1.29 is 17.2 Å². The number of sulfonamides is 1. The Morgan fingerprint density at radius 2 is 1.76 bits per heavy atom. The number of nitrogens with zero attached hydrogens (tertiary/aromatic N) is 1. The molecule has 3 nitrogen and oxygen atoms in total. The maximum atomic E-state index is 13.9. The van der Waals surface area contributed by atoms with E-state index in [1.165, 1.54) is 4.31 Å². The largest absolute Gasteiger partial charge is 0.246 e. The highest BCUT2D eigenvalue weighted by atomic mass is 32.2. The van der Waals surface area contributed by atoms with E-state index in [1.54, 1.807) is 0 Å². The molecule has 0 amide bonds. The summed E-state index contributed by atoms with van der Waals surface area (Å²) in [6, 6.07) is 2.64. The van der Waals surface area contributed by atoms with Crippen LogP contribution in [0.3, 0.4) is 0 Å². The number of hydrogen-bond acceptors (Lipinski definition) is 2. The SMILES string of the molecule is O=S(=O)(c1ccc(F)cc1F)N1CCCC2CCCCC21. The quantitative estimate of drug-likeness (QED) is 0.839. The summed E-state index contributed by atoms with van der Waals surface area (Å²) in [7, 11) is -3.89. The van der Waals surface area contributed by atoms with Crippen LogP contribution in [0.5, 0.6) is 0 Å². The van der Waals surface area contributed by atoms with E-state index in [2.05, 4.69) is 0 Å². The minimum Gasteiger partial charge on any atom is -0.207 e. The monoisotopic (exact) mass is 315 g/mol. The summed E-state index contributed by atoms with van der Waals surface area (Å²) in [5.41, 5.74) is 0. The fraction of sp³-hybridized carbons (Fsp3) is 0.600. The lowest BCUT2D eigenvalue weighted by atomic mass is 9.79. The van der Waals surface area contributed by atoms with Gasteiger partial charge in [0.1, 0.15) is 16.5 Å². The van der Waals surface area contributed by atoms with E-state index in [-0.39, 0.29) is 6.04 Å². The first-order valence-electron chi connectivity index (χ1n) is 7.47. The Morgan fingerprint density at radius 3 is 2.52 bits per heavy atom. The van der Waals surface area contributed by atoms with Crippen molar-refractivity contribution in [1.82, 2.24) is 4.31 Å². The summed E-state index contributed by atoms with van der Waals surface area (Å²) in [6.07, 6.45) is 5.89. The third-order valence-electron chi connectivity index (χ3n) is 4.67. The van der Waals surface area contributed by atoms with Crippen LogP contribution in [0.25, 0.3) is 0 Å². The Hall–Kier alpha value is -1.01. The lowest BCUT2D eigenvalue weighted by molar-refractivity contribution is 0.129. The van der Waals surface area contributed by atoms with Gasteiger partial charge >= 0.3 is 0 Å². The molecular weight excluding hydrogens is 296 g/mol. The van der Waals surface area contributed by atoms with Gasteiger partial charge in [0.2, 0.25) is 10.0 Å². The van der Waals surface area contributed by atoms with Gasteiger partial charge in [-0.05, 0) is 43.7 Å². The molecule has 6 heteroatoms. The van der Waals surface area contributed by atoms with Crippen LogP contribution in [-0.2, 0) is 10.0 Å². The summed E-state index contributed by atoms with van der Waals surface area (Å²) < 4.78 is 53.8. The van der Waals surface area contributed by atoms with Gasteiger partial charge in [0.05, 0.1) is 0 Å². The first kappa shape index (κ1) is 14.9. The van der Waals surface area contributed by atoms with Crippen molar-refractivity contribution in [2.45, 2.75) is 49.5 Å². The topological polar surface area (TPSA) is 37.4 Å². The third-order valence-corrected chi connectivity index (χ3v) is 6.63. The lowest BCUT2D eigenvalue weighted by Gasteiger charge is -2.43. The summed E-state index contributed by atoms with van der Waals surface area (Å²) in [6.45, 7) is 0.431. The minimum atomic E-state index is -3.89. The molecule has 0 N–H and O–H groups in total. The second kappa shape index (κ2) is 5.65. The van der Waals surface area contributed by atoms with E-state index in [0.29, 0.717) is 18.5 Å². The predicted molar refractivity (Wildman–Crippen MR) is 75.2 cm³/mol. The molecule has 21 heavy (non-hydrogen) atoms. The van der Waals surface area contributed by atoms with Gasteiger partial charge in [0.25, 0.3) is 0 Å². The molecule has 0 radical (unpaired) electrons. The van der Waals surface area contributed by atoms with Gasteiger partial charge in [0.15, 0.2) is 0 Å². The van der Waals surface area contributed by atoms with Crippen molar-refractivity contribution in [2.24, 2.45) is 5.92 Å². The van der Waals surface area contributed by atoms with Gasteiger partial charge in [-0.2, -0.15) is 4.31 Å². The van der Waals surface area contributed by atoms with Crippen LogP contribution in [0.1, 0.15) is 38.5 Å². The summed E-state index contributed by atoms with van der Waals surface area (Å²) in [4.78, 5) is -0.407. The fourth-order valence-corrected chi connectivity index (χ4v) is 5.49. The van der Waals surface area contributed by atoms with Crippen LogP contribution in [0.15, 0.2) is 23.1 Å². The van der Waals surface area contributed by atoms with E-state index in [4.69, 9.17) is 0 Å². The number of rotatable bonds is 2. The second-order valence-corrected chi connectivity index (χ2v) is 7.80. The van der Waals surface area contributed by atoms with Crippen molar-refractivity contribution in [3.8, 4) is 0 Å². The first-order chi connectivity index (χ1) is 10.00. The summed E-state index contributed by atoms with van der Waals surface area (Å²) in [5, 5.41) is 0.